The van der Waals surface area contributed by atoms with Crippen molar-refractivity contribution in [3.8, 4) is 0 Å². The molecule has 4 bridgehead atoms. The highest BCUT2D eigenvalue weighted by molar-refractivity contribution is 7.45. The molecule has 0 aromatic rings. The van der Waals surface area contributed by atoms with Crippen LogP contribution in [0.3, 0.4) is 0 Å². The van der Waals surface area contributed by atoms with Gasteiger partial charge in [0, 0.05) is 27.1 Å². The van der Waals surface area contributed by atoms with Crippen molar-refractivity contribution in [2.75, 3.05) is 27.4 Å². The van der Waals surface area contributed by atoms with Crippen molar-refractivity contribution in [3.63, 3.8) is 0 Å². The maximum atomic E-state index is 13.4. The summed E-state index contributed by atoms with van der Waals surface area (Å²) in [5, 5.41) is 4.65. The van der Waals surface area contributed by atoms with Gasteiger partial charge >= 0.3 is 12.1 Å². The van der Waals surface area contributed by atoms with Crippen molar-refractivity contribution in [1.29, 1.82) is 0 Å². The molecule has 0 spiro atoms. The number of hydrogen-bond acceptors (Lipinski definition) is 12. The van der Waals surface area contributed by atoms with Crippen molar-refractivity contribution in [2.24, 2.45) is 10.8 Å². The SMILES string of the molecule is COCC1O[C@@H]2C[C@@H]1OP(=O)([O-])OCC1O[C@H](C[C@@H]1OC)N1C(=O)NC(=O)[C@]3(C)[C@H]1[C@H]1N2C(=O)NC(=O)[C@]13C. The molecule has 1 aliphatic carbocycles. The molecule has 6 fully saturated rings. The number of amides is 6. The Morgan fingerprint density at radius 3 is 2.05 bits per heavy atom. The molecule has 2 N–H and O–H groups in total. The summed E-state index contributed by atoms with van der Waals surface area (Å²) in [5.74, 6) is -1.33. The number of urea groups is 2. The smallest absolute Gasteiger partial charge is 0.326 e. The number of phosphoric ester groups is 1. The Morgan fingerprint density at radius 1 is 0.949 bits per heavy atom. The zero-order valence-corrected chi connectivity index (χ0v) is 22.6. The van der Waals surface area contributed by atoms with E-state index in [0.29, 0.717) is 0 Å². The maximum absolute atomic E-state index is 13.4. The molecule has 0 radical (unpaired) electrons. The van der Waals surface area contributed by atoms with Crippen molar-refractivity contribution < 1.29 is 56.6 Å². The van der Waals surface area contributed by atoms with Gasteiger partial charge in [-0.25, -0.2) is 9.59 Å². The number of hydrogen-bond donors (Lipinski definition) is 2. The zero-order valence-electron chi connectivity index (χ0n) is 21.7. The zero-order chi connectivity index (χ0) is 28.1. The van der Waals surface area contributed by atoms with E-state index in [2.05, 4.69) is 10.6 Å². The minimum Gasteiger partial charge on any atom is -0.756 e. The summed E-state index contributed by atoms with van der Waals surface area (Å²) in [4.78, 5) is 68.8. The average molecular weight is 573 g/mol. The summed E-state index contributed by atoms with van der Waals surface area (Å²) in [6.07, 6.45) is -5.63. The first kappa shape index (κ1) is 27.0. The third-order valence-corrected chi connectivity index (χ3v) is 10.3. The number of phosphoric acid groups is 1. The molecular weight excluding hydrogens is 543 g/mol. The summed E-state index contributed by atoms with van der Waals surface area (Å²) in [6, 6.07) is -3.55. The van der Waals surface area contributed by atoms with Crippen LogP contribution in [0.1, 0.15) is 26.7 Å². The molecule has 1 saturated carbocycles. The predicted octanol–water partition coefficient (Wildman–Crippen LogP) is -1.37. The van der Waals surface area contributed by atoms with Gasteiger partial charge in [0.15, 0.2) is 0 Å². The topological polar surface area (TPSA) is 194 Å². The van der Waals surface area contributed by atoms with E-state index >= 15 is 0 Å². The van der Waals surface area contributed by atoms with Crippen LogP contribution in [0.2, 0.25) is 0 Å². The number of nitrogens with zero attached hydrogens (tertiary/aromatic N) is 2. The summed E-state index contributed by atoms with van der Waals surface area (Å²) in [5.41, 5.74) is -2.92. The van der Waals surface area contributed by atoms with E-state index < -0.39 is 98.1 Å². The highest BCUT2D eigenvalue weighted by Gasteiger charge is 2.82. The summed E-state index contributed by atoms with van der Waals surface area (Å²) in [6.45, 7) is 2.62. The second-order valence-electron chi connectivity index (χ2n) is 11.0. The van der Waals surface area contributed by atoms with E-state index in [4.69, 9.17) is 28.0 Å². The van der Waals surface area contributed by atoms with Crippen LogP contribution in [0.15, 0.2) is 0 Å². The van der Waals surface area contributed by atoms with Gasteiger partial charge in [-0.3, -0.25) is 34.6 Å². The Bertz CT molecular complexity index is 1170. The van der Waals surface area contributed by atoms with Gasteiger partial charge in [0.25, 0.3) is 7.82 Å². The lowest BCUT2D eigenvalue weighted by molar-refractivity contribution is -0.244. The van der Waals surface area contributed by atoms with E-state index in [1.165, 1.54) is 24.0 Å². The van der Waals surface area contributed by atoms with Gasteiger partial charge in [-0.1, -0.05) is 0 Å². The molecule has 3 unspecified atom stereocenters. The molecule has 16 nitrogen and oxygen atoms in total. The molecule has 5 heterocycles. The molecule has 17 heteroatoms. The molecule has 0 aromatic carbocycles. The van der Waals surface area contributed by atoms with Crippen LogP contribution in [-0.2, 0) is 42.1 Å². The van der Waals surface area contributed by atoms with E-state index in [-0.39, 0.29) is 19.4 Å². The van der Waals surface area contributed by atoms with Gasteiger partial charge in [-0.05, 0) is 13.8 Å². The first-order valence-electron chi connectivity index (χ1n) is 12.6. The molecule has 5 aliphatic heterocycles. The van der Waals surface area contributed by atoms with Crippen LogP contribution in [-0.4, -0.2) is 110 Å². The highest BCUT2D eigenvalue weighted by Crippen LogP contribution is 2.64. The molecule has 216 valence electrons. The van der Waals surface area contributed by atoms with Crippen molar-refractivity contribution >= 4 is 31.7 Å². The fourth-order valence-electron chi connectivity index (χ4n) is 7.13. The molecule has 39 heavy (non-hydrogen) atoms. The minimum atomic E-state index is -4.90. The van der Waals surface area contributed by atoms with Crippen LogP contribution < -0.4 is 15.5 Å². The summed E-state index contributed by atoms with van der Waals surface area (Å²) >= 11 is 0. The van der Waals surface area contributed by atoms with Gasteiger partial charge < -0.3 is 32.9 Å². The van der Waals surface area contributed by atoms with Crippen molar-refractivity contribution in [2.45, 2.75) is 75.6 Å². The summed E-state index contributed by atoms with van der Waals surface area (Å²) in [7, 11) is -2.10. The van der Waals surface area contributed by atoms with Gasteiger partial charge in [-0.15, -0.1) is 0 Å². The lowest BCUT2D eigenvalue weighted by atomic mass is 9.42. The Balaban J connectivity index is 1.49. The quantitative estimate of drug-likeness (QED) is 0.377. The molecule has 11 atom stereocenters. The van der Waals surface area contributed by atoms with Gasteiger partial charge in [-0.2, -0.15) is 0 Å². The average Bonchev–Trinajstić information content (AvgIpc) is 3.45. The van der Waals surface area contributed by atoms with Crippen molar-refractivity contribution in [1.82, 2.24) is 20.4 Å². The normalized spacial score (nSPS) is 49.2. The highest BCUT2D eigenvalue weighted by atomic mass is 31.2. The fraction of sp³-hybridized carbons (Fsp3) is 0.818. The molecule has 6 aliphatic rings. The molecule has 0 aromatic heterocycles. The number of methoxy groups -OCH3 is 2. The first-order valence-corrected chi connectivity index (χ1v) is 14.1. The maximum Gasteiger partial charge on any atom is 0.326 e. The standard InChI is InChI=1S/C22H31N4O12P/c1-21-15-16-22(21,2)18(28)24-20(30)26(16)14-6-10(11(36-14)7-33-3)38-39(31,32)35-8-12-9(34-4)5-13(37-12)25(15)19(29)23-17(21)27/h9-16H,5-8H2,1-4H3,(H,31,32)(H,23,27,29)(H,24,28,30)/p-1/t9-,10-,11?,12?,13+,14+,15+,16+,21-,22-/m0/s1. The number of carbonyl (C=O) groups excluding carboxylic acids is 4. The number of nitrogens with one attached hydrogen (secondary N) is 2. The monoisotopic (exact) mass is 573 g/mol. The number of rotatable bonds is 3. The van der Waals surface area contributed by atoms with Gasteiger partial charge in [0.2, 0.25) is 11.8 Å². The Hall–Kier alpha value is -2.17. The van der Waals surface area contributed by atoms with Crippen LogP contribution in [0, 0.1) is 10.8 Å². The summed E-state index contributed by atoms with van der Waals surface area (Å²) < 4.78 is 46.1. The molecular formula is C22H30N4O12P-. The number of imide groups is 2. The third-order valence-electron chi connectivity index (χ3n) is 9.29. The second kappa shape index (κ2) is 8.91. The van der Waals surface area contributed by atoms with Crippen molar-refractivity contribution in [3.05, 3.63) is 0 Å². The molecule has 6 amide bonds. The third kappa shape index (κ3) is 3.59. The van der Waals surface area contributed by atoms with E-state index in [0.717, 1.165) is 0 Å². The van der Waals surface area contributed by atoms with E-state index in [9.17, 15) is 28.6 Å². The van der Waals surface area contributed by atoms with Gasteiger partial charge in [0.05, 0.1) is 48.3 Å². The lowest BCUT2D eigenvalue weighted by Gasteiger charge is -2.72. The van der Waals surface area contributed by atoms with E-state index in [1.807, 2.05) is 0 Å². The lowest BCUT2D eigenvalue weighted by Crippen LogP contribution is -2.92. The van der Waals surface area contributed by atoms with Crippen LogP contribution in [0.25, 0.3) is 0 Å². The van der Waals surface area contributed by atoms with Crippen LogP contribution in [0.5, 0.6) is 0 Å². The number of fused-ring (bicyclic) bond motifs is 7. The van der Waals surface area contributed by atoms with Crippen LogP contribution >= 0.6 is 7.82 Å². The number of carbonyl (C=O) groups is 4. The Labute approximate surface area is 223 Å². The molecule has 5 saturated heterocycles. The number of ether oxygens (including phenoxy) is 4. The minimum absolute atomic E-state index is 0.0643. The fourth-order valence-corrected chi connectivity index (χ4v) is 8.08. The second-order valence-corrected chi connectivity index (χ2v) is 12.3. The predicted molar refractivity (Wildman–Crippen MR) is 122 cm³/mol. The largest absolute Gasteiger partial charge is 0.756 e. The Kier molecular flexibility index (Phi) is 6.18. The van der Waals surface area contributed by atoms with E-state index in [1.54, 1.807) is 13.8 Å². The Morgan fingerprint density at radius 2 is 1.51 bits per heavy atom. The van der Waals surface area contributed by atoms with Crippen LogP contribution in [0.4, 0.5) is 9.59 Å². The van der Waals surface area contributed by atoms with Gasteiger partial charge in [0.1, 0.15) is 24.7 Å². The molecule has 6 rings (SSSR count). The first-order chi connectivity index (χ1) is 18.4.